The number of amides is 1. The molecule has 2 aromatic rings. The molecule has 1 fully saturated rings. The number of nitriles is 1. The Morgan fingerprint density at radius 1 is 1.33 bits per heavy atom. The minimum atomic E-state index is -0.911. The maximum atomic E-state index is 12.3. The Balaban J connectivity index is 1.54. The fourth-order valence-corrected chi connectivity index (χ4v) is 3.45. The highest BCUT2D eigenvalue weighted by atomic mass is 16.5. The summed E-state index contributed by atoms with van der Waals surface area (Å²) in [5.74, 6) is 0.977. The molecule has 1 atom stereocenters. The number of rotatable bonds is 7. The van der Waals surface area contributed by atoms with E-state index in [1.165, 1.54) is 0 Å². The van der Waals surface area contributed by atoms with E-state index in [1.807, 2.05) is 0 Å². The number of ether oxygens (including phenoxy) is 1. The van der Waals surface area contributed by atoms with Gasteiger partial charge in [0.15, 0.2) is 5.76 Å². The average Bonchev–Trinajstić information content (AvgIpc) is 3.37. The Morgan fingerprint density at radius 2 is 2.07 bits per heavy atom. The first-order valence-corrected chi connectivity index (χ1v) is 9.21. The molecule has 1 aliphatic carbocycles. The van der Waals surface area contributed by atoms with Crippen LogP contribution in [0.3, 0.4) is 0 Å². The highest BCUT2D eigenvalue weighted by Crippen LogP contribution is 2.33. The highest BCUT2D eigenvalue weighted by Gasteiger charge is 2.34. The van der Waals surface area contributed by atoms with Crippen molar-refractivity contribution in [3.05, 3.63) is 53.5 Å². The number of nitrogens with zero attached hydrogens (tertiary/aromatic N) is 1. The van der Waals surface area contributed by atoms with Gasteiger partial charge in [0.05, 0.1) is 11.2 Å². The molecule has 142 valence electrons. The second kappa shape index (κ2) is 8.28. The van der Waals surface area contributed by atoms with E-state index in [9.17, 15) is 9.90 Å². The van der Waals surface area contributed by atoms with Crippen molar-refractivity contribution in [2.24, 2.45) is 5.92 Å². The first-order valence-electron chi connectivity index (χ1n) is 9.21. The van der Waals surface area contributed by atoms with Crippen LogP contribution in [0.4, 0.5) is 0 Å². The second-order valence-electron chi connectivity index (χ2n) is 7.18. The number of nitrogens with one attached hydrogen (secondary N) is 1. The van der Waals surface area contributed by atoms with Crippen LogP contribution in [0.1, 0.15) is 54.5 Å². The van der Waals surface area contributed by atoms with Gasteiger partial charge in [0.1, 0.15) is 24.2 Å². The third-order valence-electron chi connectivity index (χ3n) is 5.10. The molecule has 1 unspecified atom stereocenters. The highest BCUT2D eigenvalue weighted by molar-refractivity contribution is 5.91. The van der Waals surface area contributed by atoms with Gasteiger partial charge in [-0.05, 0) is 49.9 Å². The Kier molecular flexibility index (Phi) is 5.82. The summed E-state index contributed by atoms with van der Waals surface area (Å²) in [5, 5.41) is 22.4. The van der Waals surface area contributed by atoms with Gasteiger partial charge in [0, 0.05) is 6.54 Å². The van der Waals surface area contributed by atoms with E-state index in [2.05, 4.69) is 11.4 Å². The first kappa shape index (κ1) is 19.0. The van der Waals surface area contributed by atoms with Crippen molar-refractivity contribution in [1.82, 2.24) is 5.32 Å². The van der Waals surface area contributed by atoms with Crippen LogP contribution in [0.25, 0.3) is 0 Å². The van der Waals surface area contributed by atoms with Crippen molar-refractivity contribution in [3.63, 3.8) is 0 Å². The molecule has 2 N–H and O–H groups in total. The summed E-state index contributed by atoms with van der Waals surface area (Å²) in [6.07, 6.45) is 4.25. The summed E-state index contributed by atoms with van der Waals surface area (Å²) < 4.78 is 11.1. The summed E-state index contributed by atoms with van der Waals surface area (Å²) in [7, 11) is 0. The van der Waals surface area contributed by atoms with Crippen LogP contribution >= 0.6 is 0 Å². The molecule has 0 aliphatic heterocycles. The smallest absolute Gasteiger partial charge is 0.287 e. The topological polar surface area (TPSA) is 95.5 Å². The molecule has 1 aromatic heterocycles. The van der Waals surface area contributed by atoms with E-state index < -0.39 is 5.60 Å². The molecule has 3 rings (SSSR count). The van der Waals surface area contributed by atoms with Crippen molar-refractivity contribution in [2.45, 2.75) is 44.8 Å². The molecular weight excluding hydrogens is 344 g/mol. The lowest BCUT2D eigenvalue weighted by Gasteiger charge is -2.30. The predicted octanol–water partition coefficient (Wildman–Crippen LogP) is 3.40. The summed E-state index contributed by atoms with van der Waals surface area (Å²) >= 11 is 0. The van der Waals surface area contributed by atoms with Gasteiger partial charge in [-0.3, -0.25) is 4.79 Å². The normalized spacial score (nSPS) is 16.5. The molecule has 6 nitrogen and oxygen atoms in total. The Hall–Kier alpha value is -2.78. The van der Waals surface area contributed by atoms with Gasteiger partial charge in [-0.25, -0.2) is 0 Å². The lowest BCUT2D eigenvalue weighted by Crippen LogP contribution is -2.45. The number of hydrogen-bond donors (Lipinski definition) is 2. The summed E-state index contributed by atoms with van der Waals surface area (Å²) in [6.45, 7) is 2.08. The zero-order valence-electron chi connectivity index (χ0n) is 15.4. The lowest BCUT2D eigenvalue weighted by molar-refractivity contribution is 0.00260. The van der Waals surface area contributed by atoms with Gasteiger partial charge in [-0.1, -0.05) is 25.0 Å². The van der Waals surface area contributed by atoms with Crippen molar-refractivity contribution < 1.29 is 19.1 Å². The van der Waals surface area contributed by atoms with E-state index in [-0.39, 0.29) is 30.7 Å². The molecule has 27 heavy (non-hydrogen) atoms. The van der Waals surface area contributed by atoms with Crippen LogP contribution in [0.15, 0.2) is 40.8 Å². The van der Waals surface area contributed by atoms with Gasteiger partial charge >= 0.3 is 0 Å². The van der Waals surface area contributed by atoms with E-state index >= 15 is 0 Å². The van der Waals surface area contributed by atoms with Crippen LogP contribution in [0.2, 0.25) is 0 Å². The molecule has 6 heteroatoms. The van der Waals surface area contributed by atoms with Crippen molar-refractivity contribution in [3.8, 4) is 11.8 Å². The van der Waals surface area contributed by atoms with Crippen molar-refractivity contribution in [2.75, 3.05) is 6.54 Å². The fourth-order valence-electron chi connectivity index (χ4n) is 3.45. The second-order valence-corrected chi connectivity index (χ2v) is 7.18. The molecule has 0 bridgehead atoms. The largest absolute Gasteiger partial charge is 0.484 e. The molecular formula is C21H24N2O4. The predicted molar refractivity (Wildman–Crippen MR) is 99.1 cm³/mol. The van der Waals surface area contributed by atoms with Crippen LogP contribution in [-0.4, -0.2) is 23.2 Å². The molecule has 0 spiro atoms. The number of furan rings is 1. The number of benzene rings is 1. The standard InChI is InChI=1S/C21H24N2O4/c1-21(25,16-7-3-4-8-16)14-23-20(24)19-11-10-17(27-19)13-26-18-9-5-2-6-15(18)12-22/h2,5-6,9-11,16,25H,3-4,7-8,13-14H2,1H3,(H,23,24). The van der Waals surface area contributed by atoms with Gasteiger partial charge < -0.3 is 19.6 Å². The first-order chi connectivity index (χ1) is 13.0. The molecule has 0 radical (unpaired) electrons. The van der Waals surface area contributed by atoms with Gasteiger partial charge in [-0.2, -0.15) is 5.26 Å². The van der Waals surface area contributed by atoms with E-state index in [0.29, 0.717) is 17.1 Å². The molecule has 1 aliphatic rings. The van der Waals surface area contributed by atoms with Crippen LogP contribution in [0.5, 0.6) is 5.75 Å². The average molecular weight is 368 g/mol. The summed E-state index contributed by atoms with van der Waals surface area (Å²) in [6, 6.07) is 12.2. The Bertz CT molecular complexity index is 829. The zero-order chi connectivity index (χ0) is 19.3. The number of carbonyl (C=O) groups is 1. The molecule has 1 aromatic carbocycles. The van der Waals surface area contributed by atoms with Crippen molar-refractivity contribution >= 4 is 5.91 Å². The fraction of sp³-hybridized carbons (Fsp3) is 0.429. The van der Waals surface area contributed by atoms with Gasteiger partial charge in [-0.15, -0.1) is 0 Å². The lowest BCUT2D eigenvalue weighted by atomic mass is 9.88. The van der Waals surface area contributed by atoms with Gasteiger partial charge in [0.2, 0.25) is 0 Å². The van der Waals surface area contributed by atoms with E-state index in [4.69, 9.17) is 14.4 Å². The van der Waals surface area contributed by atoms with Crippen molar-refractivity contribution in [1.29, 1.82) is 5.26 Å². The Morgan fingerprint density at radius 3 is 2.81 bits per heavy atom. The van der Waals surface area contributed by atoms with E-state index in [1.54, 1.807) is 43.3 Å². The van der Waals surface area contributed by atoms with Crippen LogP contribution in [-0.2, 0) is 6.61 Å². The number of para-hydroxylation sites is 1. The summed E-state index contributed by atoms with van der Waals surface area (Å²) in [4.78, 5) is 12.3. The zero-order valence-corrected chi connectivity index (χ0v) is 15.4. The maximum Gasteiger partial charge on any atom is 0.287 e. The molecule has 1 amide bonds. The maximum absolute atomic E-state index is 12.3. The third-order valence-corrected chi connectivity index (χ3v) is 5.10. The molecule has 1 saturated carbocycles. The SMILES string of the molecule is CC(O)(CNC(=O)c1ccc(COc2ccccc2C#N)o1)C1CCCC1. The summed E-state index contributed by atoms with van der Waals surface area (Å²) in [5.41, 5.74) is -0.470. The minimum absolute atomic E-state index is 0.117. The number of carbonyl (C=O) groups excluding carboxylic acids is 1. The number of aliphatic hydroxyl groups is 1. The quantitative estimate of drug-likeness (QED) is 0.781. The molecule has 0 saturated heterocycles. The van der Waals surface area contributed by atoms with Crippen LogP contribution in [0, 0.1) is 17.2 Å². The third kappa shape index (κ3) is 4.69. The van der Waals surface area contributed by atoms with E-state index in [0.717, 1.165) is 25.7 Å². The Labute approximate surface area is 158 Å². The monoisotopic (exact) mass is 368 g/mol. The molecule has 1 heterocycles. The number of hydrogen-bond acceptors (Lipinski definition) is 5. The minimum Gasteiger partial charge on any atom is -0.484 e. The van der Waals surface area contributed by atoms with Gasteiger partial charge in [0.25, 0.3) is 5.91 Å². The van der Waals surface area contributed by atoms with Crippen LogP contribution < -0.4 is 10.1 Å².